The minimum atomic E-state index is -0.352. The van der Waals surface area contributed by atoms with E-state index in [0.29, 0.717) is 11.5 Å². The van der Waals surface area contributed by atoms with Gasteiger partial charge in [-0.3, -0.25) is 10.1 Å². The van der Waals surface area contributed by atoms with Crippen LogP contribution in [0, 0.1) is 23.0 Å². The molecule has 0 aromatic heterocycles. The first kappa shape index (κ1) is 13.0. The van der Waals surface area contributed by atoms with Crippen molar-refractivity contribution in [1.82, 2.24) is 0 Å². The molecule has 1 saturated heterocycles. The third-order valence-electron chi connectivity index (χ3n) is 3.59. The van der Waals surface area contributed by atoms with Gasteiger partial charge in [0.05, 0.1) is 4.92 Å². The molecule has 0 unspecified atom stereocenters. The van der Waals surface area contributed by atoms with E-state index in [1.54, 1.807) is 19.1 Å². The van der Waals surface area contributed by atoms with E-state index in [-0.39, 0.29) is 16.7 Å². The van der Waals surface area contributed by atoms with Crippen molar-refractivity contribution in [2.75, 3.05) is 13.2 Å². The lowest BCUT2D eigenvalue weighted by molar-refractivity contribution is -0.385. The van der Waals surface area contributed by atoms with E-state index in [1.165, 1.54) is 0 Å². The van der Waals surface area contributed by atoms with Crippen molar-refractivity contribution in [3.05, 3.63) is 39.4 Å². The van der Waals surface area contributed by atoms with E-state index in [9.17, 15) is 10.1 Å². The molecule has 1 atom stereocenters. The molecular weight excluding hydrogens is 232 g/mol. The normalized spacial score (nSPS) is 18.6. The number of aryl methyl sites for hydroxylation is 1. The molecule has 0 saturated carbocycles. The fourth-order valence-electron chi connectivity index (χ4n) is 2.38. The third kappa shape index (κ3) is 2.68. The van der Waals surface area contributed by atoms with E-state index in [0.717, 1.165) is 31.6 Å². The number of ether oxygens (including phenoxy) is 1. The monoisotopic (exact) mass is 250 g/mol. The Morgan fingerprint density at radius 3 is 2.72 bits per heavy atom. The lowest BCUT2D eigenvalue weighted by Gasteiger charge is -2.27. The van der Waals surface area contributed by atoms with Crippen LogP contribution in [-0.4, -0.2) is 18.1 Å². The van der Waals surface area contributed by atoms with Crippen LogP contribution < -0.4 is 5.73 Å². The molecule has 5 heteroatoms. The number of nitrogens with zero attached hydrogens (tertiary/aromatic N) is 1. The van der Waals surface area contributed by atoms with Gasteiger partial charge in [0.2, 0.25) is 0 Å². The van der Waals surface area contributed by atoms with Gasteiger partial charge in [0.15, 0.2) is 0 Å². The number of benzene rings is 1. The molecule has 2 rings (SSSR count). The summed E-state index contributed by atoms with van der Waals surface area (Å²) in [5.41, 5.74) is 7.87. The van der Waals surface area contributed by atoms with Gasteiger partial charge in [0, 0.05) is 30.9 Å². The summed E-state index contributed by atoms with van der Waals surface area (Å²) < 4.78 is 5.30. The molecule has 1 heterocycles. The predicted molar refractivity (Wildman–Crippen MR) is 68.3 cm³/mol. The van der Waals surface area contributed by atoms with Crippen LogP contribution in [0.4, 0.5) is 5.69 Å². The summed E-state index contributed by atoms with van der Waals surface area (Å²) in [6.45, 7) is 3.19. The Kier molecular flexibility index (Phi) is 3.93. The average molecular weight is 250 g/mol. The highest BCUT2D eigenvalue weighted by molar-refractivity contribution is 5.43. The van der Waals surface area contributed by atoms with Crippen molar-refractivity contribution >= 4 is 5.69 Å². The summed E-state index contributed by atoms with van der Waals surface area (Å²) in [5.74, 6) is 0.348. The standard InChI is InChI=1S/C13H18N2O3/c1-9-2-3-11(8-12(9)15(16)17)13(14)10-4-6-18-7-5-10/h2-3,8,10,13H,4-7,14H2,1H3/t13-/m0/s1. The predicted octanol–water partition coefficient (Wildman–Crippen LogP) is 2.33. The van der Waals surface area contributed by atoms with Gasteiger partial charge in [-0.1, -0.05) is 12.1 Å². The van der Waals surface area contributed by atoms with Crippen LogP contribution in [0.25, 0.3) is 0 Å². The lowest BCUT2D eigenvalue weighted by atomic mass is 9.87. The summed E-state index contributed by atoms with van der Waals surface area (Å²) in [6, 6.07) is 5.12. The molecule has 0 spiro atoms. The highest BCUT2D eigenvalue weighted by Gasteiger charge is 2.24. The SMILES string of the molecule is Cc1ccc([C@@H](N)C2CCOCC2)cc1[N+](=O)[O-]. The topological polar surface area (TPSA) is 78.4 Å². The minimum absolute atomic E-state index is 0.145. The maximum absolute atomic E-state index is 10.9. The van der Waals surface area contributed by atoms with E-state index in [4.69, 9.17) is 10.5 Å². The Balaban J connectivity index is 2.21. The molecule has 1 aliphatic rings. The molecule has 98 valence electrons. The van der Waals surface area contributed by atoms with Crippen LogP contribution in [0.15, 0.2) is 18.2 Å². The molecule has 0 amide bonds. The van der Waals surface area contributed by atoms with Gasteiger partial charge in [-0.15, -0.1) is 0 Å². The van der Waals surface area contributed by atoms with Crippen molar-refractivity contribution in [2.45, 2.75) is 25.8 Å². The van der Waals surface area contributed by atoms with Crippen molar-refractivity contribution in [3.63, 3.8) is 0 Å². The highest BCUT2D eigenvalue weighted by Crippen LogP contribution is 2.30. The molecule has 1 aromatic carbocycles. The van der Waals surface area contributed by atoms with Crippen LogP contribution in [-0.2, 0) is 4.74 Å². The van der Waals surface area contributed by atoms with Crippen molar-refractivity contribution in [2.24, 2.45) is 11.7 Å². The number of hydrogen-bond acceptors (Lipinski definition) is 4. The maximum Gasteiger partial charge on any atom is 0.272 e. The lowest BCUT2D eigenvalue weighted by Crippen LogP contribution is -2.27. The summed E-state index contributed by atoms with van der Waals surface area (Å²) in [7, 11) is 0. The molecule has 0 radical (unpaired) electrons. The Bertz CT molecular complexity index is 442. The molecule has 0 aliphatic carbocycles. The summed E-state index contributed by atoms with van der Waals surface area (Å²) in [5, 5.41) is 10.9. The molecule has 18 heavy (non-hydrogen) atoms. The highest BCUT2D eigenvalue weighted by atomic mass is 16.6. The summed E-state index contributed by atoms with van der Waals surface area (Å²) >= 11 is 0. The molecule has 1 aromatic rings. The van der Waals surface area contributed by atoms with Gasteiger partial charge in [-0.2, -0.15) is 0 Å². The molecule has 1 fully saturated rings. The molecule has 0 bridgehead atoms. The van der Waals surface area contributed by atoms with E-state index < -0.39 is 0 Å². The van der Waals surface area contributed by atoms with Crippen molar-refractivity contribution < 1.29 is 9.66 Å². The third-order valence-corrected chi connectivity index (χ3v) is 3.59. The number of nitro benzene ring substituents is 1. The molecule has 2 N–H and O–H groups in total. The second-order valence-corrected chi connectivity index (χ2v) is 4.78. The van der Waals surface area contributed by atoms with E-state index in [2.05, 4.69) is 0 Å². The number of hydrogen-bond donors (Lipinski definition) is 1. The summed E-state index contributed by atoms with van der Waals surface area (Å²) in [6.07, 6.45) is 1.84. The van der Waals surface area contributed by atoms with Crippen LogP contribution >= 0.6 is 0 Å². The first-order valence-corrected chi connectivity index (χ1v) is 6.18. The fourth-order valence-corrected chi connectivity index (χ4v) is 2.38. The Morgan fingerprint density at radius 2 is 2.11 bits per heavy atom. The van der Waals surface area contributed by atoms with Gasteiger partial charge in [0.1, 0.15) is 0 Å². The smallest absolute Gasteiger partial charge is 0.272 e. The Hall–Kier alpha value is -1.46. The first-order chi connectivity index (χ1) is 8.59. The van der Waals surface area contributed by atoms with Crippen LogP contribution in [0.2, 0.25) is 0 Å². The van der Waals surface area contributed by atoms with E-state index >= 15 is 0 Å². The van der Waals surface area contributed by atoms with Crippen molar-refractivity contribution in [1.29, 1.82) is 0 Å². The average Bonchev–Trinajstić information content (AvgIpc) is 2.39. The molecule has 1 aliphatic heterocycles. The van der Waals surface area contributed by atoms with Gasteiger partial charge in [0.25, 0.3) is 5.69 Å². The van der Waals surface area contributed by atoms with E-state index in [1.807, 2.05) is 6.07 Å². The van der Waals surface area contributed by atoms with Gasteiger partial charge < -0.3 is 10.5 Å². The fraction of sp³-hybridized carbons (Fsp3) is 0.538. The second-order valence-electron chi connectivity index (χ2n) is 4.78. The second kappa shape index (κ2) is 5.46. The largest absolute Gasteiger partial charge is 0.381 e. The van der Waals surface area contributed by atoms with Gasteiger partial charge in [-0.25, -0.2) is 0 Å². The minimum Gasteiger partial charge on any atom is -0.381 e. The quantitative estimate of drug-likeness (QED) is 0.659. The number of nitro groups is 1. The maximum atomic E-state index is 10.9. The van der Waals surface area contributed by atoms with Crippen LogP contribution in [0.3, 0.4) is 0 Å². The zero-order chi connectivity index (χ0) is 13.1. The summed E-state index contributed by atoms with van der Waals surface area (Å²) in [4.78, 5) is 10.6. The van der Waals surface area contributed by atoms with Crippen LogP contribution in [0.5, 0.6) is 0 Å². The van der Waals surface area contributed by atoms with Gasteiger partial charge >= 0.3 is 0 Å². The first-order valence-electron chi connectivity index (χ1n) is 6.18. The van der Waals surface area contributed by atoms with Crippen molar-refractivity contribution in [3.8, 4) is 0 Å². The number of nitrogens with two attached hydrogens (primary N) is 1. The van der Waals surface area contributed by atoms with Gasteiger partial charge in [-0.05, 0) is 31.2 Å². The van der Waals surface area contributed by atoms with Crippen LogP contribution in [0.1, 0.15) is 30.0 Å². The Morgan fingerprint density at radius 1 is 1.44 bits per heavy atom. The Labute approximate surface area is 106 Å². The molecule has 5 nitrogen and oxygen atoms in total. The molecular formula is C13H18N2O3. The zero-order valence-corrected chi connectivity index (χ0v) is 10.5. The number of rotatable bonds is 3. The zero-order valence-electron chi connectivity index (χ0n) is 10.5.